The maximum absolute atomic E-state index is 10.3. The average Bonchev–Trinajstić information content (AvgIpc) is 2.85. The molecule has 0 atom stereocenters. The number of hydrogen-bond acceptors (Lipinski definition) is 4. The zero-order valence-electron chi connectivity index (χ0n) is 18.6. The van der Waals surface area contributed by atoms with E-state index in [-0.39, 0.29) is 69.6 Å². The molecule has 4 aromatic rings. The van der Waals surface area contributed by atoms with Crippen LogP contribution in [0.3, 0.4) is 0 Å². The summed E-state index contributed by atoms with van der Waals surface area (Å²) < 4.78 is 0. The van der Waals surface area contributed by atoms with Crippen molar-refractivity contribution in [2.75, 3.05) is 0 Å². The van der Waals surface area contributed by atoms with Crippen LogP contribution < -0.4 is 0 Å². The molecule has 4 N–H and O–H groups in total. The molecule has 4 nitrogen and oxygen atoms in total. The van der Waals surface area contributed by atoms with Crippen molar-refractivity contribution >= 4 is 92.8 Å². The Labute approximate surface area is 257 Å². The fraction of sp³-hybridized carbons (Fsp3) is 0.0769. The third-order valence-electron chi connectivity index (χ3n) is 6.08. The SMILES string of the molecule is Oc1c(Cl)cc(CC(c2cc(Cl)c(O)c(Cl)c2)(c2cc(Cl)c(O)c(Cl)c2)c2cc(Cl)c(O)c(Cl)c2)cc1Cl. The predicted molar refractivity (Wildman–Crippen MR) is 156 cm³/mol. The minimum Gasteiger partial charge on any atom is -0.505 e. The summed E-state index contributed by atoms with van der Waals surface area (Å²) in [6.45, 7) is 0. The first-order valence-corrected chi connectivity index (χ1v) is 13.5. The fourth-order valence-electron chi connectivity index (χ4n) is 4.27. The van der Waals surface area contributed by atoms with Crippen LogP contribution >= 0.6 is 92.8 Å². The van der Waals surface area contributed by atoms with Crippen molar-refractivity contribution < 1.29 is 20.4 Å². The van der Waals surface area contributed by atoms with E-state index in [4.69, 9.17) is 92.8 Å². The highest BCUT2D eigenvalue weighted by Crippen LogP contribution is 2.51. The highest BCUT2D eigenvalue weighted by atomic mass is 35.5. The number of aromatic hydroxyl groups is 4. The van der Waals surface area contributed by atoms with Gasteiger partial charge in [0.1, 0.15) is 0 Å². The second-order valence-corrected chi connectivity index (χ2v) is 11.6. The van der Waals surface area contributed by atoms with E-state index in [1.165, 1.54) is 48.5 Å². The van der Waals surface area contributed by atoms with Crippen molar-refractivity contribution in [3.63, 3.8) is 0 Å². The van der Waals surface area contributed by atoms with Gasteiger partial charge in [-0.05, 0) is 77.2 Å². The van der Waals surface area contributed by atoms with E-state index in [0.717, 1.165) is 0 Å². The Morgan fingerprint density at radius 1 is 0.395 bits per heavy atom. The highest BCUT2D eigenvalue weighted by molar-refractivity contribution is 6.39. The van der Waals surface area contributed by atoms with Gasteiger partial charge in [0.25, 0.3) is 0 Å². The summed E-state index contributed by atoms with van der Waals surface area (Å²) in [6.07, 6.45) is 0.0407. The molecule has 38 heavy (non-hydrogen) atoms. The van der Waals surface area contributed by atoms with E-state index in [1.54, 1.807) is 0 Å². The summed E-state index contributed by atoms with van der Waals surface area (Å²) in [6, 6.07) is 11.9. The standard InChI is InChI=1S/C26H14Cl8O4/c27-14-1-10(2-15(28)22(14)35)9-26(11-3-16(29)23(36)17(30)4-11,12-5-18(31)24(37)19(32)6-12)13-7-20(33)25(38)21(34)8-13/h1-8,35-38H,9H2. The molecule has 0 bridgehead atoms. The van der Waals surface area contributed by atoms with Gasteiger partial charge in [-0.2, -0.15) is 0 Å². The van der Waals surface area contributed by atoms with Gasteiger partial charge in [0.05, 0.1) is 40.2 Å². The van der Waals surface area contributed by atoms with Crippen molar-refractivity contribution in [3.8, 4) is 23.0 Å². The average molecular weight is 674 g/mol. The highest BCUT2D eigenvalue weighted by Gasteiger charge is 2.40. The van der Waals surface area contributed by atoms with Crippen LogP contribution in [0.25, 0.3) is 0 Å². The molecule has 0 saturated carbocycles. The molecule has 12 heteroatoms. The molecule has 4 aromatic carbocycles. The minimum absolute atomic E-state index is 0.00767. The van der Waals surface area contributed by atoms with Gasteiger partial charge in [-0.15, -0.1) is 0 Å². The van der Waals surface area contributed by atoms with Crippen molar-refractivity contribution in [1.82, 2.24) is 0 Å². The van der Waals surface area contributed by atoms with Crippen molar-refractivity contribution in [2.24, 2.45) is 0 Å². The lowest BCUT2D eigenvalue weighted by Crippen LogP contribution is -2.32. The first-order valence-electron chi connectivity index (χ1n) is 10.5. The molecule has 0 aliphatic rings. The number of halogens is 8. The van der Waals surface area contributed by atoms with Gasteiger partial charge in [0.15, 0.2) is 23.0 Å². The number of hydrogen-bond donors (Lipinski definition) is 4. The van der Waals surface area contributed by atoms with Crippen molar-refractivity contribution in [1.29, 1.82) is 0 Å². The normalized spacial score (nSPS) is 11.7. The Balaban J connectivity index is 2.21. The Hall–Kier alpha value is -1.60. The van der Waals surface area contributed by atoms with Gasteiger partial charge in [0.2, 0.25) is 0 Å². The number of phenols is 4. The van der Waals surface area contributed by atoms with Gasteiger partial charge < -0.3 is 20.4 Å². The summed E-state index contributed by atoms with van der Waals surface area (Å²) in [5, 5.41) is 40.6. The van der Waals surface area contributed by atoms with Gasteiger partial charge in [-0.1, -0.05) is 92.8 Å². The molecule has 0 radical (unpaired) electrons. The maximum Gasteiger partial charge on any atom is 0.152 e. The van der Waals surface area contributed by atoms with E-state index in [0.29, 0.717) is 22.3 Å². The zero-order chi connectivity index (χ0) is 28.1. The molecular formula is C26H14Cl8O4. The van der Waals surface area contributed by atoms with Crippen LogP contribution in [0.4, 0.5) is 0 Å². The number of benzene rings is 4. The van der Waals surface area contributed by atoms with Crippen LogP contribution in [0.5, 0.6) is 23.0 Å². The third kappa shape index (κ3) is 5.26. The monoisotopic (exact) mass is 670 g/mol. The smallest absolute Gasteiger partial charge is 0.152 e. The summed E-state index contributed by atoms with van der Waals surface area (Å²) in [5.41, 5.74) is 0.426. The number of phenolic OH excluding ortho intramolecular Hbond substituents is 4. The summed E-state index contributed by atoms with van der Waals surface area (Å²) in [7, 11) is 0. The van der Waals surface area contributed by atoms with Gasteiger partial charge in [0, 0.05) is 5.41 Å². The lowest BCUT2D eigenvalue weighted by atomic mass is 9.66. The molecule has 0 amide bonds. The Kier molecular flexibility index (Phi) is 8.59. The first kappa shape index (κ1) is 29.4. The molecule has 0 heterocycles. The minimum atomic E-state index is -1.35. The van der Waals surface area contributed by atoms with Crippen molar-refractivity contribution in [3.05, 3.63) is 111 Å². The molecular weight excluding hydrogens is 660 g/mol. The van der Waals surface area contributed by atoms with Crippen LogP contribution in [0, 0.1) is 0 Å². The fourth-order valence-corrected chi connectivity index (χ4v) is 6.26. The van der Waals surface area contributed by atoms with E-state index >= 15 is 0 Å². The zero-order valence-corrected chi connectivity index (χ0v) is 24.7. The Morgan fingerprint density at radius 2 is 0.605 bits per heavy atom. The lowest BCUT2D eigenvalue weighted by Gasteiger charge is -2.37. The lowest BCUT2D eigenvalue weighted by molar-refractivity contribution is 0.472. The van der Waals surface area contributed by atoms with Crippen LogP contribution in [-0.4, -0.2) is 20.4 Å². The van der Waals surface area contributed by atoms with Crippen LogP contribution in [-0.2, 0) is 11.8 Å². The van der Waals surface area contributed by atoms with Crippen LogP contribution in [0.1, 0.15) is 22.3 Å². The summed E-state index contributed by atoms with van der Waals surface area (Å²) >= 11 is 50.6. The summed E-state index contributed by atoms with van der Waals surface area (Å²) in [4.78, 5) is 0. The van der Waals surface area contributed by atoms with Gasteiger partial charge >= 0.3 is 0 Å². The van der Waals surface area contributed by atoms with E-state index < -0.39 is 5.41 Å². The Bertz CT molecular complexity index is 1360. The molecule has 0 saturated heterocycles. The van der Waals surface area contributed by atoms with Crippen LogP contribution in [0.15, 0.2) is 48.5 Å². The van der Waals surface area contributed by atoms with E-state index in [2.05, 4.69) is 0 Å². The first-order chi connectivity index (χ1) is 17.8. The molecule has 0 aromatic heterocycles. The second kappa shape index (κ2) is 11.1. The topological polar surface area (TPSA) is 80.9 Å². The maximum atomic E-state index is 10.3. The molecule has 4 rings (SSSR count). The van der Waals surface area contributed by atoms with E-state index in [1.807, 2.05) is 0 Å². The van der Waals surface area contributed by atoms with Gasteiger partial charge in [-0.3, -0.25) is 0 Å². The third-order valence-corrected chi connectivity index (χ3v) is 8.38. The van der Waals surface area contributed by atoms with Crippen LogP contribution in [0.2, 0.25) is 40.2 Å². The van der Waals surface area contributed by atoms with Crippen molar-refractivity contribution in [2.45, 2.75) is 11.8 Å². The quantitative estimate of drug-likeness (QED) is 0.159. The van der Waals surface area contributed by atoms with Gasteiger partial charge in [-0.25, -0.2) is 0 Å². The number of rotatable bonds is 5. The second-order valence-electron chi connectivity index (χ2n) is 8.36. The molecule has 198 valence electrons. The predicted octanol–water partition coefficient (Wildman–Crippen LogP) is 10.3. The molecule has 0 fully saturated rings. The van der Waals surface area contributed by atoms with E-state index in [9.17, 15) is 20.4 Å². The summed E-state index contributed by atoms with van der Waals surface area (Å²) in [5.74, 6) is -1.33. The molecule has 0 aliphatic carbocycles. The molecule has 0 unspecified atom stereocenters. The Morgan fingerprint density at radius 3 is 0.842 bits per heavy atom. The molecule has 0 aliphatic heterocycles. The molecule has 0 spiro atoms. The largest absolute Gasteiger partial charge is 0.505 e.